The van der Waals surface area contributed by atoms with Crippen molar-refractivity contribution in [2.75, 3.05) is 11.1 Å². The molecule has 0 aliphatic heterocycles. The fourth-order valence-electron chi connectivity index (χ4n) is 3.76. The second-order valence-electron chi connectivity index (χ2n) is 8.13. The number of amides is 2. The van der Waals surface area contributed by atoms with Gasteiger partial charge in [-0.15, -0.1) is 20.4 Å². The summed E-state index contributed by atoms with van der Waals surface area (Å²) in [5.41, 5.74) is 1.63. The molecule has 0 radical (unpaired) electrons. The van der Waals surface area contributed by atoms with Crippen LogP contribution in [0.2, 0.25) is 0 Å². The number of hydrogen-bond acceptors (Lipinski definition) is 8. The first-order chi connectivity index (χ1) is 16.0. The van der Waals surface area contributed by atoms with Gasteiger partial charge in [-0.1, -0.05) is 60.1 Å². The van der Waals surface area contributed by atoms with Crippen molar-refractivity contribution in [2.24, 2.45) is 7.05 Å². The number of thioether (sulfide) groups is 1. The minimum Gasteiger partial charge on any atom is -0.345 e. The summed E-state index contributed by atoms with van der Waals surface area (Å²) in [6.07, 6.45) is 6.06. The number of nitrogens with one attached hydrogen (secondary N) is 2. The van der Waals surface area contributed by atoms with Gasteiger partial charge in [-0.05, 0) is 31.9 Å². The van der Waals surface area contributed by atoms with Crippen LogP contribution in [0.5, 0.6) is 0 Å². The minimum atomic E-state index is -0.167. The molecular weight excluding hydrogens is 458 g/mol. The summed E-state index contributed by atoms with van der Waals surface area (Å²) in [5, 5.41) is 24.5. The van der Waals surface area contributed by atoms with E-state index in [0.29, 0.717) is 27.6 Å². The normalized spacial score (nSPS) is 14.2. The second-order valence-corrected chi connectivity index (χ2v) is 10.1. The second kappa shape index (κ2) is 10.9. The van der Waals surface area contributed by atoms with Crippen molar-refractivity contribution < 1.29 is 9.59 Å². The van der Waals surface area contributed by atoms with Crippen LogP contribution in [0.25, 0.3) is 0 Å². The van der Waals surface area contributed by atoms with Crippen LogP contribution in [0.1, 0.15) is 64.8 Å². The number of benzene rings is 1. The van der Waals surface area contributed by atoms with Crippen LogP contribution < -0.4 is 10.6 Å². The Morgan fingerprint density at radius 2 is 1.97 bits per heavy atom. The molecule has 3 aromatic rings. The lowest BCUT2D eigenvalue weighted by atomic mass is 9.90. The highest BCUT2D eigenvalue weighted by molar-refractivity contribution is 7.99. The van der Waals surface area contributed by atoms with E-state index in [1.54, 1.807) is 10.6 Å². The topological polar surface area (TPSA) is 115 Å². The quantitative estimate of drug-likeness (QED) is 0.468. The molecule has 0 spiro atoms. The lowest BCUT2D eigenvalue weighted by Gasteiger charge is -2.18. The third-order valence-corrected chi connectivity index (χ3v) is 7.61. The van der Waals surface area contributed by atoms with Crippen molar-refractivity contribution in [3.8, 4) is 0 Å². The molecule has 2 N–H and O–H groups in total. The molecule has 0 saturated heterocycles. The summed E-state index contributed by atoms with van der Waals surface area (Å²) in [6.45, 7) is 2.19. The number of carbonyl (C=O) groups excluding carboxylic acids is 2. The van der Waals surface area contributed by atoms with Gasteiger partial charge in [0.15, 0.2) is 11.0 Å². The van der Waals surface area contributed by atoms with Gasteiger partial charge in [-0.25, -0.2) is 0 Å². The maximum atomic E-state index is 12.4. The molecule has 33 heavy (non-hydrogen) atoms. The lowest BCUT2D eigenvalue weighted by Crippen LogP contribution is -2.24. The Labute approximate surface area is 200 Å². The van der Waals surface area contributed by atoms with Gasteiger partial charge in [-0.3, -0.25) is 14.9 Å². The Morgan fingerprint density at radius 1 is 1.15 bits per heavy atom. The fourth-order valence-corrected chi connectivity index (χ4v) is 5.42. The Bertz CT molecular complexity index is 1120. The van der Waals surface area contributed by atoms with E-state index in [9.17, 15) is 9.59 Å². The Hall–Kier alpha value is -2.79. The molecule has 1 aliphatic carbocycles. The van der Waals surface area contributed by atoms with E-state index in [-0.39, 0.29) is 24.1 Å². The molecule has 1 fully saturated rings. The van der Waals surface area contributed by atoms with Gasteiger partial charge < -0.3 is 9.88 Å². The van der Waals surface area contributed by atoms with Gasteiger partial charge in [0, 0.05) is 18.5 Å². The molecule has 0 bridgehead atoms. The first kappa shape index (κ1) is 23.4. The molecule has 2 aromatic heterocycles. The van der Waals surface area contributed by atoms with E-state index in [2.05, 4.69) is 31.0 Å². The summed E-state index contributed by atoms with van der Waals surface area (Å²) in [4.78, 5) is 24.7. The van der Waals surface area contributed by atoms with Crippen molar-refractivity contribution >= 4 is 40.0 Å². The van der Waals surface area contributed by atoms with Crippen molar-refractivity contribution in [3.63, 3.8) is 0 Å². The number of anilines is 1. The number of aryl methyl sites for hydroxylation is 1. The lowest BCUT2D eigenvalue weighted by molar-refractivity contribution is -0.113. The van der Waals surface area contributed by atoms with Gasteiger partial charge in [0.1, 0.15) is 5.01 Å². The first-order valence-corrected chi connectivity index (χ1v) is 12.8. The summed E-state index contributed by atoms with van der Waals surface area (Å²) in [5.74, 6) is 0.934. The smallest absolute Gasteiger partial charge is 0.251 e. The van der Waals surface area contributed by atoms with Crippen LogP contribution in [0.15, 0.2) is 29.4 Å². The van der Waals surface area contributed by atoms with E-state index in [1.165, 1.54) is 42.4 Å². The minimum absolute atomic E-state index is 0.163. The van der Waals surface area contributed by atoms with Crippen LogP contribution in [0, 0.1) is 6.92 Å². The molecule has 2 heterocycles. The van der Waals surface area contributed by atoms with E-state index in [1.807, 2.05) is 32.2 Å². The van der Waals surface area contributed by atoms with Gasteiger partial charge >= 0.3 is 0 Å². The summed E-state index contributed by atoms with van der Waals surface area (Å²) in [6, 6.07) is 7.40. The number of rotatable bonds is 8. The Kier molecular flexibility index (Phi) is 7.71. The average Bonchev–Trinajstić information content (AvgIpc) is 3.43. The first-order valence-electron chi connectivity index (χ1n) is 11.0. The maximum Gasteiger partial charge on any atom is 0.251 e. The molecule has 1 aromatic carbocycles. The summed E-state index contributed by atoms with van der Waals surface area (Å²) >= 11 is 2.75. The van der Waals surface area contributed by atoms with E-state index in [0.717, 1.165) is 23.4 Å². The highest BCUT2D eigenvalue weighted by Gasteiger charge is 2.20. The molecule has 2 amide bonds. The van der Waals surface area contributed by atoms with Crippen molar-refractivity contribution in [2.45, 2.75) is 56.6 Å². The van der Waals surface area contributed by atoms with Crippen molar-refractivity contribution in [1.29, 1.82) is 0 Å². The van der Waals surface area contributed by atoms with E-state index in [4.69, 9.17) is 0 Å². The predicted molar refractivity (Wildman–Crippen MR) is 128 cm³/mol. The summed E-state index contributed by atoms with van der Waals surface area (Å²) < 4.78 is 1.78. The van der Waals surface area contributed by atoms with Crippen LogP contribution in [0.3, 0.4) is 0 Å². The molecule has 0 atom stereocenters. The molecule has 1 aliphatic rings. The largest absolute Gasteiger partial charge is 0.345 e. The number of hydrogen-bond donors (Lipinski definition) is 2. The zero-order valence-corrected chi connectivity index (χ0v) is 20.3. The molecule has 0 unspecified atom stereocenters. The van der Waals surface area contributed by atoms with Crippen LogP contribution in [-0.2, 0) is 18.4 Å². The van der Waals surface area contributed by atoms with E-state index < -0.39 is 0 Å². The van der Waals surface area contributed by atoms with Crippen LogP contribution >= 0.6 is 23.1 Å². The number of nitrogens with zero attached hydrogens (tertiary/aromatic N) is 5. The average molecular weight is 486 g/mol. The monoisotopic (exact) mass is 485 g/mol. The third-order valence-electron chi connectivity index (χ3n) is 5.59. The molecule has 11 heteroatoms. The van der Waals surface area contributed by atoms with Crippen molar-refractivity contribution in [1.82, 2.24) is 30.3 Å². The Morgan fingerprint density at radius 3 is 2.76 bits per heavy atom. The van der Waals surface area contributed by atoms with Crippen molar-refractivity contribution in [3.05, 3.63) is 46.2 Å². The zero-order valence-electron chi connectivity index (χ0n) is 18.7. The van der Waals surface area contributed by atoms with Gasteiger partial charge in [-0.2, -0.15) is 0 Å². The highest BCUT2D eigenvalue weighted by atomic mass is 32.2. The molecular formula is C22H27N7O2S2. The van der Waals surface area contributed by atoms with E-state index >= 15 is 0 Å². The highest BCUT2D eigenvalue weighted by Crippen LogP contribution is 2.35. The summed E-state index contributed by atoms with van der Waals surface area (Å²) in [7, 11) is 1.82. The van der Waals surface area contributed by atoms with Crippen LogP contribution in [0.4, 0.5) is 5.13 Å². The van der Waals surface area contributed by atoms with Gasteiger partial charge in [0.2, 0.25) is 11.0 Å². The molecule has 4 rings (SSSR count). The number of carbonyl (C=O) groups is 2. The Balaban J connectivity index is 1.25. The SMILES string of the molecule is Cc1cccc(C(=O)NCc2nnc(SCC(=O)Nc3nnc(C4CCCCC4)s3)n2C)c1. The maximum absolute atomic E-state index is 12.4. The standard InChI is InChI=1S/C22H27N7O2S2/c1-14-7-6-10-16(11-14)19(31)23-12-17-25-28-22(29(17)2)32-13-18(30)24-21-27-26-20(33-21)15-8-4-3-5-9-15/h6-7,10-11,15H,3-5,8-9,12-13H2,1-2H3,(H,23,31)(H,24,27,30). The number of aromatic nitrogens is 5. The molecule has 1 saturated carbocycles. The molecule has 174 valence electrons. The van der Waals surface area contributed by atoms with Gasteiger partial charge in [0.25, 0.3) is 5.91 Å². The fraction of sp³-hybridized carbons (Fsp3) is 0.455. The van der Waals surface area contributed by atoms with Crippen LogP contribution in [-0.4, -0.2) is 42.5 Å². The predicted octanol–water partition coefficient (Wildman–Crippen LogP) is 3.68. The molecule has 9 nitrogen and oxygen atoms in total. The van der Waals surface area contributed by atoms with Gasteiger partial charge in [0.05, 0.1) is 12.3 Å². The third kappa shape index (κ3) is 6.17. The zero-order chi connectivity index (χ0) is 23.2.